The number of nitrogens with one attached hydrogen (secondary N) is 1. The van der Waals surface area contributed by atoms with Gasteiger partial charge in [-0.1, -0.05) is 18.2 Å². The van der Waals surface area contributed by atoms with Crippen LogP contribution in [0.15, 0.2) is 53.4 Å². The lowest BCUT2D eigenvalue weighted by molar-refractivity contribution is -0.129. The molecule has 1 aliphatic rings. The van der Waals surface area contributed by atoms with E-state index in [9.17, 15) is 18.0 Å². The molecule has 33 heavy (non-hydrogen) atoms. The molecule has 0 aromatic heterocycles. The predicted octanol–water partition coefficient (Wildman–Crippen LogP) is 1.41. The number of sulfonamides is 1. The van der Waals surface area contributed by atoms with Gasteiger partial charge in [-0.15, -0.1) is 0 Å². The number of amides is 2. The van der Waals surface area contributed by atoms with Gasteiger partial charge in [0.05, 0.1) is 30.2 Å². The lowest BCUT2D eigenvalue weighted by atomic mass is 10.2. The molecule has 1 N–H and O–H groups in total. The minimum absolute atomic E-state index is 0.0128. The highest BCUT2D eigenvalue weighted by Crippen LogP contribution is 2.32. The van der Waals surface area contributed by atoms with Gasteiger partial charge in [-0.25, -0.2) is 12.7 Å². The van der Waals surface area contributed by atoms with Crippen LogP contribution in [0.2, 0.25) is 0 Å². The van der Waals surface area contributed by atoms with Crippen molar-refractivity contribution >= 4 is 27.5 Å². The quantitative estimate of drug-likeness (QED) is 0.621. The lowest BCUT2D eigenvalue weighted by Gasteiger charge is -2.37. The van der Waals surface area contributed by atoms with E-state index in [-0.39, 0.29) is 29.0 Å². The van der Waals surface area contributed by atoms with Crippen molar-refractivity contribution < 1.29 is 22.7 Å². The Morgan fingerprint density at radius 1 is 1.12 bits per heavy atom. The summed E-state index contributed by atoms with van der Waals surface area (Å²) in [6.07, 6.45) is -0.197. The molecule has 0 bridgehead atoms. The second-order valence-corrected chi connectivity index (χ2v) is 10.2. The molecule has 3 rings (SSSR count). The van der Waals surface area contributed by atoms with Crippen molar-refractivity contribution in [2.24, 2.45) is 0 Å². The fourth-order valence-electron chi connectivity index (χ4n) is 3.58. The zero-order valence-electron chi connectivity index (χ0n) is 19.3. The van der Waals surface area contributed by atoms with Gasteiger partial charge in [-0.05, 0) is 37.3 Å². The van der Waals surface area contributed by atoms with Gasteiger partial charge in [0, 0.05) is 33.3 Å². The largest absolute Gasteiger partial charge is 0.485 e. The number of para-hydroxylation sites is 2. The summed E-state index contributed by atoms with van der Waals surface area (Å²) in [6.45, 7) is 3.72. The molecule has 2 aromatic carbocycles. The van der Waals surface area contributed by atoms with Crippen LogP contribution in [-0.4, -0.2) is 82.9 Å². The highest BCUT2D eigenvalue weighted by Gasteiger charge is 2.27. The fraction of sp³-hybridized carbons (Fsp3) is 0.391. The predicted molar refractivity (Wildman–Crippen MR) is 126 cm³/mol. The van der Waals surface area contributed by atoms with Crippen LogP contribution >= 0.6 is 0 Å². The number of carbonyl (C=O) groups excluding carboxylic acids is 2. The monoisotopic (exact) mass is 474 g/mol. The van der Waals surface area contributed by atoms with Crippen molar-refractivity contribution in [2.75, 3.05) is 52.2 Å². The Kier molecular flexibility index (Phi) is 7.60. The molecule has 1 unspecified atom stereocenters. The third-order valence-corrected chi connectivity index (χ3v) is 7.29. The first-order valence-electron chi connectivity index (χ1n) is 10.7. The van der Waals surface area contributed by atoms with Crippen LogP contribution in [0, 0.1) is 0 Å². The molecule has 0 aliphatic carbocycles. The minimum Gasteiger partial charge on any atom is -0.485 e. The summed E-state index contributed by atoms with van der Waals surface area (Å²) in [7, 11) is 0.847. The Hall–Kier alpha value is -3.11. The van der Waals surface area contributed by atoms with Crippen molar-refractivity contribution in [1.82, 2.24) is 14.5 Å². The summed E-state index contributed by atoms with van der Waals surface area (Å²) in [6, 6.07) is 13.5. The van der Waals surface area contributed by atoms with Gasteiger partial charge in [0.25, 0.3) is 5.91 Å². The van der Waals surface area contributed by atoms with Gasteiger partial charge in [0.15, 0.2) is 0 Å². The van der Waals surface area contributed by atoms with Crippen LogP contribution < -0.4 is 15.0 Å². The SMILES string of the molecule is CCN1CC(CN(C)C(=O)CNC(=O)c2cccc(S(=O)(=O)N(C)C)c2)Oc2ccccc21. The van der Waals surface area contributed by atoms with E-state index >= 15 is 0 Å². The molecular weight excluding hydrogens is 444 g/mol. The maximum absolute atomic E-state index is 12.6. The number of hydrogen-bond acceptors (Lipinski definition) is 6. The third kappa shape index (κ3) is 5.63. The van der Waals surface area contributed by atoms with Crippen molar-refractivity contribution in [3.63, 3.8) is 0 Å². The summed E-state index contributed by atoms with van der Waals surface area (Å²) in [4.78, 5) is 28.9. The standard InChI is InChI=1S/C23H30N4O5S/c1-5-27-16-18(32-21-12-7-6-11-20(21)27)15-26(4)22(28)14-24-23(29)17-9-8-10-19(13-17)33(30,31)25(2)3/h6-13,18H,5,14-16H2,1-4H3,(H,24,29). The summed E-state index contributed by atoms with van der Waals surface area (Å²) >= 11 is 0. The number of fused-ring (bicyclic) bond motifs is 1. The third-order valence-electron chi connectivity index (χ3n) is 5.48. The second kappa shape index (κ2) is 10.2. The zero-order valence-corrected chi connectivity index (χ0v) is 20.1. The van der Waals surface area contributed by atoms with Gasteiger partial charge in [-0.3, -0.25) is 9.59 Å². The summed E-state index contributed by atoms with van der Waals surface area (Å²) in [5.74, 6) is -0.00390. The van der Waals surface area contributed by atoms with Gasteiger partial charge < -0.3 is 19.9 Å². The molecule has 0 radical (unpaired) electrons. The van der Waals surface area contributed by atoms with E-state index in [1.54, 1.807) is 7.05 Å². The molecular formula is C23H30N4O5S. The topological polar surface area (TPSA) is 99.3 Å². The first-order valence-corrected chi connectivity index (χ1v) is 12.1. The van der Waals surface area contributed by atoms with Crippen molar-refractivity contribution in [2.45, 2.75) is 17.9 Å². The van der Waals surface area contributed by atoms with Crippen LogP contribution in [0.1, 0.15) is 17.3 Å². The number of likely N-dealkylation sites (N-methyl/N-ethyl adjacent to an activating group) is 2. The maximum Gasteiger partial charge on any atom is 0.251 e. The highest BCUT2D eigenvalue weighted by atomic mass is 32.2. The Morgan fingerprint density at radius 3 is 2.55 bits per heavy atom. The molecule has 1 aliphatic heterocycles. The van der Waals surface area contributed by atoms with Gasteiger partial charge in [0.1, 0.15) is 11.9 Å². The number of rotatable bonds is 8. The molecule has 10 heteroatoms. The van der Waals surface area contributed by atoms with Crippen LogP contribution in [-0.2, 0) is 14.8 Å². The fourth-order valence-corrected chi connectivity index (χ4v) is 4.53. The van der Waals surface area contributed by atoms with E-state index in [1.807, 2.05) is 24.3 Å². The van der Waals surface area contributed by atoms with Crippen molar-refractivity contribution in [1.29, 1.82) is 0 Å². The molecule has 0 saturated carbocycles. The number of ether oxygens (including phenoxy) is 1. The molecule has 1 heterocycles. The number of benzene rings is 2. The van der Waals surface area contributed by atoms with E-state index < -0.39 is 15.9 Å². The first kappa shape index (κ1) is 24.5. The molecule has 178 valence electrons. The van der Waals surface area contributed by atoms with Crippen molar-refractivity contribution in [3.8, 4) is 5.75 Å². The number of hydrogen-bond donors (Lipinski definition) is 1. The van der Waals surface area contributed by atoms with E-state index in [0.29, 0.717) is 13.1 Å². The molecule has 1 atom stereocenters. The molecule has 2 aromatic rings. The van der Waals surface area contributed by atoms with Crippen LogP contribution in [0.25, 0.3) is 0 Å². The Balaban J connectivity index is 1.57. The Labute approximate surface area is 195 Å². The van der Waals surface area contributed by atoms with E-state index in [0.717, 1.165) is 22.3 Å². The molecule has 0 spiro atoms. The Bertz CT molecular complexity index is 1120. The summed E-state index contributed by atoms with van der Waals surface area (Å²) in [5, 5.41) is 2.57. The molecule has 0 fully saturated rings. The normalized spacial score (nSPS) is 15.5. The molecule has 2 amide bonds. The number of anilines is 1. The first-order chi connectivity index (χ1) is 15.6. The average molecular weight is 475 g/mol. The summed E-state index contributed by atoms with van der Waals surface area (Å²) in [5.41, 5.74) is 1.20. The van der Waals surface area contributed by atoms with Gasteiger partial charge in [-0.2, -0.15) is 0 Å². The van der Waals surface area contributed by atoms with E-state index in [2.05, 4.69) is 17.1 Å². The second-order valence-electron chi connectivity index (χ2n) is 8.02. The molecule has 9 nitrogen and oxygen atoms in total. The van der Waals surface area contributed by atoms with Crippen LogP contribution in [0.4, 0.5) is 5.69 Å². The van der Waals surface area contributed by atoms with Gasteiger partial charge in [0.2, 0.25) is 15.9 Å². The van der Waals surface area contributed by atoms with Crippen LogP contribution in [0.3, 0.4) is 0 Å². The Morgan fingerprint density at radius 2 is 1.85 bits per heavy atom. The smallest absolute Gasteiger partial charge is 0.251 e. The van der Waals surface area contributed by atoms with E-state index in [4.69, 9.17) is 4.74 Å². The minimum atomic E-state index is -3.66. The van der Waals surface area contributed by atoms with Crippen molar-refractivity contribution in [3.05, 3.63) is 54.1 Å². The number of carbonyl (C=O) groups is 2. The molecule has 0 saturated heterocycles. The lowest BCUT2D eigenvalue weighted by Crippen LogP contribution is -2.48. The van der Waals surface area contributed by atoms with Gasteiger partial charge >= 0.3 is 0 Å². The van der Waals surface area contributed by atoms with E-state index in [1.165, 1.54) is 43.3 Å². The maximum atomic E-state index is 12.6. The zero-order chi connectivity index (χ0) is 24.2. The highest BCUT2D eigenvalue weighted by molar-refractivity contribution is 7.89. The van der Waals surface area contributed by atoms with Crippen LogP contribution in [0.5, 0.6) is 5.75 Å². The average Bonchev–Trinajstić information content (AvgIpc) is 2.81. The number of nitrogens with zero attached hydrogens (tertiary/aromatic N) is 3. The summed E-state index contributed by atoms with van der Waals surface area (Å²) < 4.78 is 31.7.